The van der Waals surface area contributed by atoms with Gasteiger partial charge in [0.05, 0.1) is 12.6 Å². The van der Waals surface area contributed by atoms with E-state index in [4.69, 9.17) is 15.9 Å². The van der Waals surface area contributed by atoms with Crippen LogP contribution in [0.4, 0.5) is 0 Å². The van der Waals surface area contributed by atoms with Crippen molar-refractivity contribution in [2.24, 2.45) is 5.73 Å². The average Bonchev–Trinajstić information content (AvgIpc) is 1.69. The van der Waals surface area contributed by atoms with E-state index in [0.717, 1.165) is 0 Å². The van der Waals surface area contributed by atoms with Crippen LogP contribution in [-0.2, 0) is 0 Å². The van der Waals surface area contributed by atoms with E-state index in [2.05, 4.69) is 14.5 Å². The Morgan fingerprint density at radius 1 is 1.75 bits per heavy atom. The zero-order valence-electron chi connectivity index (χ0n) is 4.41. The summed E-state index contributed by atoms with van der Waals surface area (Å²) in [4.78, 5) is 0. The van der Waals surface area contributed by atoms with E-state index >= 15 is 0 Å². The predicted molar refractivity (Wildman–Crippen MR) is 33.9 cm³/mol. The van der Waals surface area contributed by atoms with Gasteiger partial charge in [-0.15, -0.1) is 0 Å². The smallest absolute Gasteiger partial charge is 0.120 e. The third-order valence-electron chi connectivity index (χ3n) is 0.823. The Balaban J connectivity index is 3.35. The maximum atomic E-state index is 8.55. The summed E-state index contributed by atoms with van der Waals surface area (Å²) < 4.78 is 0. The normalized spacial score (nSPS) is 18.0. The number of rotatable bonds is 3. The van der Waals surface area contributed by atoms with Gasteiger partial charge in [0, 0.05) is 0 Å². The van der Waals surface area contributed by atoms with Crippen LogP contribution in [0.1, 0.15) is 0 Å². The topological polar surface area (TPSA) is 78.5 Å². The van der Waals surface area contributed by atoms with E-state index in [9.17, 15) is 0 Å². The molecular weight excluding hydrogens is 127 g/mol. The molecule has 0 bridgehead atoms. The summed E-state index contributed by atoms with van der Waals surface area (Å²) in [6.45, 7) is -0.166. The maximum Gasteiger partial charge on any atom is 0.120 e. The molecule has 5 N–H and O–H groups in total. The molecule has 8 heavy (non-hydrogen) atoms. The van der Waals surface area contributed by atoms with Crippen molar-refractivity contribution >= 4 is 9.39 Å². The predicted octanol–water partition coefficient (Wildman–Crippen LogP) is -2.00. The first kappa shape index (κ1) is 8.27. The van der Waals surface area contributed by atoms with Crippen LogP contribution in [0.5, 0.6) is 0 Å². The van der Waals surface area contributed by atoms with Crippen LogP contribution in [-0.4, -0.2) is 29.1 Å². The Morgan fingerprint density at radius 3 is 2.25 bits per heavy atom. The first-order valence-electron chi connectivity index (χ1n) is 2.23. The van der Waals surface area contributed by atoms with Crippen molar-refractivity contribution in [3.8, 4) is 0 Å². The van der Waals surface area contributed by atoms with Crippen LogP contribution >= 0.6 is 9.39 Å². The summed E-state index contributed by atoms with van der Waals surface area (Å²) >= 11 is 0. The van der Waals surface area contributed by atoms with Gasteiger partial charge in [-0.3, -0.25) is 5.09 Å². The Labute approximate surface area is 50.3 Å². The second kappa shape index (κ2) is 4.18. The second-order valence-corrected chi connectivity index (χ2v) is 1.78. The monoisotopic (exact) mass is 138 g/mol. The standard InChI is InChI=1S/C3H11N2O2P/c4-3(7)2(1-6)5-8/h2-3,5-7H,1,4,8H2/t2-,3?/m0/s1. The van der Waals surface area contributed by atoms with Crippen LogP contribution in [0.3, 0.4) is 0 Å². The molecule has 0 rings (SSSR count). The summed E-state index contributed by atoms with van der Waals surface area (Å²) in [7, 11) is 2.16. The molecule has 0 spiro atoms. The third kappa shape index (κ3) is 2.55. The van der Waals surface area contributed by atoms with E-state index < -0.39 is 12.3 Å². The minimum Gasteiger partial charge on any atom is -0.395 e. The molecule has 0 aromatic carbocycles. The summed E-state index contributed by atoms with van der Waals surface area (Å²) in [6.07, 6.45) is -1.00. The van der Waals surface area contributed by atoms with Crippen molar-refractivity contribution in [1.82, 2.24) is 5.09 Å². The second-order valence-electron chi connectivity index (χ2n) is 1.45. The molecule has 0 saturated heterocycles. The number of hydrogen-bond donors (Lipinski definition) is 4. The lowest BCUT2D eigenvalue weighted by molar-refractivity contribution is 0.108. The fourth-order valence-corrected chi connectivity index (χ4v) is 0.562. The molecule has 3 atom stereocenters. The summed E-state index contributed by atoms with van der Waals surface area (Å²) in [5.41, 5.74) is 4.98. The van der Waals surface area contributed by atoms with Gasteiger partial charge in [-0.25, -0.2) is 0 Å². The van der Waals surface area contributed by atoms with Gasteiger partial charge in [0.15, 0.2) is 0 Å². The molecule has 0 aliphatic heterocycles. The first-order chi connectivity index (χ1) is 3.72. The van der Waals surface area contributed by atoms with Crippen molar-refractivity contribution in [2.75, 3.05) is 6.61 Å². The van der Waals surface area contributed by atoms with Gasteiger partial charge in [0.2, 0.25) is 0 Å². The highest BCUT2D eigenvalue weighted by molar-refractivity contribution is 7.13. The van der Waals surface area contributed by atoms with Crippen molar-refractivity contribution in [1.29, 1.82) is 0 Å². The fourth-order valence-electron chi connectivity index (χ4n) is 0.259. The van der Waals surface area contributed by atoms with Gasteiger partial charge >= 0.3 is 0 Å². The summed E-state index contributed by atoms with van der Waals surface area (Å²) in [5, 5.41) is 19.5. The Kier molecular flexibility index (Phi) is 4.32. The van der Waals surface area contributed by atoms with Crippen molar-refractivity contribution in [3.63, 3.8) is 0 Å². The van der Waals surface area contributed by atoms with E-state index in [1.807, 2.05) is 0 Å². The number of aliphatic hydroxyl groups excluding tert-OH is 2. The average molecular weight is 138 g/mol. The summed E-state index contributed by atoms with van der Waals surface area (Å²) in [5.74, 6) is 0. The highest BCUT2D eigenvalue weighted by atomic mass is 31.0. The van der Waals surface area contributed by atoms with Gasteiger partial charge in [-0.05, 0) is 0 Å². The van der Waals surface area contributed by atoms with Crippen LogP contribution in [0.15, 0.2) is 0 Å². The molecule has 0 aliphatic carbocycles. The number of hydrogen-bond acceptors (Lipinski definition) is 4. The number of aliphatic hydroxyl groups is 2. The van der Waals surface area contributed by atoms with Crippen molar-refractivity contribution in [3.05, 3.63) is 0 Å². The molecule has 0 aromatic rings. The van der Waals surface area contributed by atoms with Gasteiger partial charge < -0.3 is 15.9 Å². The zero-order valence-corrected chi connectivity index (χ0v) is 5.57. The Morgan fingerprint density at radius 2 is 2.25 bits per heavy atom. The summed E-state index contributed by atoms with van der Waals surface area (Å²) in [6, 6.07) is -0.444. The quantitative estimate of drug-likeness (QED) is 0.269. The molecule has 0 heterocycles. The molecular formula is C3H11N2O2P. The van der Waals surface area contributed by atoms with E-state index in [1.54, 1.807) is 0 Å². The minimum absolute atomic E-state index is 0.166. The van der Waals surface area contributed by atoms with Gasteiger partial charge in [0.25, 0.3) is 0 Å². The SMILES string of the molecule is NC(O)[C@H](CO)NP. The highest BCUT2D eigenvalue weighted by Crippen LogP contribution is 1.86. The van der Waals surface area contributed by atoms with Gasteiger partial charge in [-0.2, -0.15) is 0 Å². The molecule has 0 radical (unpaired) electrons. The molecule has 4 nitrogen and oxygen atoms in total. The molecule has 0 aliphatic rings. The molecule has 0 fully saturated rings. The van der Waals surface area contributed by atoms with Crippen LogP contribution in [0.25, 0.3) is 0 Å². The van der Waals surface area contributed by atoms with Crippen LogP contribution in [0, 0.1) is 0 Å². The van der Waals surface area contributed by atoms with E-state index in [1.165, 1.54) is 0 Å². The van der Waals surface area contributed by atoms with Crippen molar-refractivity contribution < 1.29 is 10.2 Å². The number of nitrogens with one attached hydrogen (secondary N) is 1. The van der Waals surface area contributed by atoms with Crippen LogP contribution < -0.4 is 10.8 Å². The van der Waals surface area contributed by atoms with Gasteiger partial charge in [-0.1, -0.05) is 9.39 Å². The fraction of sp³-hybridized carbons (Fsp3) is 1.00. The molecule has 0 amide bonds. The molecule has 5 heteroatoms. The number of nitrogens with two attached hydrogens (primary N) is 1. The van der Waals surface area contributed by atoms with E-state index in [0.29, 0.717) is 0 Å². The third-order valence-corrected chi connectivity index (χ3v) is 1.25. The maximum absolute atomic E-state index is 8.55. The molecule has 0 aromatic heterocycles. The largest absolute Gasteiger partial charge is 0.395 e. The lowest BCUT2D eigenvalue weighted by Gasteiger charge is -2.14. The lowest BCUT2D eigenvalue weighted by Crippen LogP contribution is -2.43. The van der Waals surface area contributed by atoms with Crippen molar-refractivity contribution in [2.45, 2.75) is 12.3 Å². The minimum atomic E-state index is -1.00. The Hall–Kier alpha value is 0.270. The molecule has 50 valence electrons. The highest BCUT2D eigenvalue weighted by Gasteiger charge is 2.09. The lowest BCUT2D eigenvalue weighted by atomic mass is 10.3. The van der Waals surface area contributed by atoms with Crippen LogP contribution in [0.2, 0.25) is 0 Å². The molecule has 2 unspecified atom stereocenters. The zero-order chi connectivity index (χ0) is 6.57. The first-order valence-corrected chi connectivity index (χ1v) is 2.80. The van der Waals surface area contributed by atoms with Gasteiger partial charge in [0.1, 0.15) is 6.23 Å². The van der Waals surface area contributed by atoms with E-state index in [-0.39, 0.29) is 6.61 Å². The molecule has 0 saturated carbocycles. The Bertz CT molecular complexity index is 57.2.